The van der Waals surface area contributed by atoms with E-state index in [1.165, 1.54) is 30.9 Å². The molecule has 0 N–H and O–H groups in total. The predicted octanol–water partition coefficient (Wildman–Crippen LogP) is 5.13. The monoisotopic (exact) mass is 246 g/mol. The van der Waals surface area contributed by atoms with Gasteiger partial charge in [0.15, 0.2) is 5.78 Å². The van der Waals surface area contributed by atoms with E-state index in [2.05, 4.69) is 20.8 Å². The van der Waals surface area contributed by atoms with Crippen LogP contribution in [0.25, 0.3) is 0 Å². The van der Waals surface area contributed by atoms with Crippen LogP contribution in [0, 0.1) is 6.92 Å². The van der Waals surface area contributed by atoms with Crippen LogP contribution >= 0.6 is 0 Å². The molecule has 0 aliphatic rings. The van der Waals surface area contributed by atoms with Gasteiger partial charge in [-0.2, -0.15) is 0 Å². The molecule has 0 radical (unpaired) electrons. The van der Waals surface area contributed by atoms with E-state index in [1.54, 1.807) is 6.92 Å². The molecular weight excluding hydrogens is 219 g/mol. The van der Waals surface area contributed by atoms with Gasteiger partial charge in [-0.25, -0.2) is 0 Å². The van der Waals surface area contributed by atoms with Crippen LogP contribution < -0.4 is 0 Å². The lowest BCUT2D eigenvalue weighted by molar-refractivity contribution is 0.101. The number of rotatable bonds is 5. The lowest BCUT2D eigenvalue weighted by Crippen LogP contribution is -2.06. The highest BCUT2D eigenvalue weighted by Gasteiger charge is 2.04. The summed E-state index contributed by atoms with van der Waals surface area (Å²) in [6.07, 6.45) is 5.51. The van der Waals surface area contributed by atoms with Crippen molar-refractivity contribution in [3.63, 3.8) is 0 Å². The minimum atomic E-state index is 0.125. The zero-order valence-corrected chi connectivity index (χ0v) is 12.6. The Labute approximate surface area is 113 Å². The number of carbonyl (C=O) groups is 1. The first-order valence-electron chi connectivity index (χ1n) is 7.12. The molecule has 0 heterocycles. The van der Waals surface area contributed by atoms with Crippen LogP contribution in [-0.2, 0) is 0 Å². The van der Waals surface area contributed by atoms with Gasteiger partial charge >= 0.3 is 0 Å². The molecule has 100 valence electrons. The van der Waals surface area contributed by atoms with Gasteiger partial charge in [0.25, 0.3) is 0 Å². The highest BCUT2D eigenvalue weighted by molar-refractivity contribution is 6.58. The number of aryl methyl sites for hydroxylation is 1. The van der Waals surface area contributed by atoms with Gasteiger partial charge < -0.3 is 0 Å². The summed E-state index contributed by atoms with van der Waals surface area (Å²) in [5.41, 5.74) is 1.97. The van der Waals surface area contributed by atoms with E-state index in [0.29, 0.717) is 0 Å². The van der Waals surface area contributed by atoms with Crippen molar-refractivity contribution in [2.75, 3.05) is 0 Å². The summed E-state index contributed by atoms with van der Waals surface area (Å²) < 4.78 is 0. The predicted molar refractivity (Wildman–Crippen MR) is 83.0 cm³/mol. The lowest BCUT2D eigenvalue weighted by Gasteiger charge is -2.03. The molecule has 0 aliphatic carbocycles. The second-order valence-electron chi connectivity index (χ2n) is 4.89. The van der Waals surface area contributed by atoms with Gasteiger partial charge in [0, 0.05) is 5.56 Å². The fraction of sp³-hybridized carbons (Fsp3) is 0.562. The molecule has 0 spiro atoms. The molecule has 1 nitrogen and oxygen atoms in total. The Morgan fingerprint density at radius 1 is 1.06 bits per heavy atom. The topological polar surface area (TPSA) is 17.1 Å². The number of ketones is 1. The van der Waals surface area contributed by atoms with Gasteiger partial charge in [0.2, 0.25) is 0 Å². The Balaban J connectivity index is 0.000000331. The molecule has 0 aliphatic heterocycles. The van der Waals surface area contributed by atoms with Crippen LogP contribution in [0.1, 0.15) is 50.0 Å². The minimum Gasteiger partial charge on any atom is -0.295 e. The highest BCUT2D eigenvalue weighted by Crippen LogP contribution is 2.05. The summed E-state index contributed by atoms with van der Waals surface area (Å²) in [6, 6.07) is 7.57. The summed E-state index contributed by atoms with van der Waals surface area (Å²) in [6.45, 7) is 11.4. The molecule has 0 fully saturated rings. The number of carbonyl (C=O) groups excluding carboxylic acids is 1. The average molecular weight is 246 g/mol. The van der Waals surface area contributed by atoms with E-state index in [4.69, 9.17) is 0 Å². The van der Waals surface area contributed by atoms with Crippen molar-refractivity contribution in [1.29, 1.82) is 0 Å². The molecular formula is C16H27BO. The van der Waals surface area contributed by atoms with E-state index in [1.807, 2.05) is 31.2 Å². The highest BCUT2D eigenvalue weighted by atomic mass is 16.1. The maximum absolute atomic E-state index is 10.8. The molecule has 0 aromatic heterocycles. The van der Waals surface area contributed by atoms with Crippen molar-refractivity contribution in [2.45, 2.75) is 60.0 Å². The third-order valence-electron chi connectivity index (χ3n) is 3.31. The van der Waals surface area contributed by atoms with Crippen molar-refractivity contribution in [3.05, 3.63) is 35.4 Å². The Bertz CT molecular complexity index is 325. The molecule has 1 aromatic carbocycles. The van der Waals surface area contributed by atoms with Crippen molar-refractivity contribution < 1.29 is 4.79 Å². The fourth-order valence-electron chi connectivity index (χ4n) is 1.89. The van der Waals surface area contributed by atoms with E-state index < -0.39 is 0 Å². The van der Waals surface area contributed by atoms with Crippen molar-refractivity contribution in [2.24, 2.45) is 0 Å². The molecule has 0 saturated carbocycles. The Hall–Kier alpha value is -1.05. The van der Waals surface area contributed by atoms with Crippen LogP contribution in [0.4, 0.5) is 0 Å². The minimum absolute atomic E-state index is 0.125. The summed E-state index contributed by atoms with van der Waals surface area (Å²) >= 11 is 0. The second kappa shape index (κ2) is 9.93. The summed E-state index contributed by atoms with van der Waals surface area (Å²) in [5, 5.41) is 0. The Kier molecular flexibility index (Phi) is 9.35. The van der Waals surface area contributed by atoms with Gasteiger partial charge in [-0.1, -0.05) is 76.0 Å². The molecule has 1 rings (SSSR count). The third-order valence-corrected chi connectivity index (χ3v) is 3.31. The van der Waals surface area contributed by atoms with Crippen LogP contribution in [0.15, 0.2) is 24.3 Å². The molecule has 0 amide bonds. The van der Waals surface area contributed by atoms with Crippen LogP contribution in [0.2, 0.25) is 19.0 Å². The largest absolute Gasteiger partial charge is 0.295 e. The van der Waals surface area contributed by atoms with Gasteiger partial charge in [-0.15, -0.1) is 0 Å². The first kappa shape index (κ1) is 17.0. The molecule has 0 unspecified atom stereocenters. The van der Waals surface area contributed by atoms with Crippen LogP contribution in [-0.4, -0.2) is 12.5 Å². The quantitative estimate of drug-likeness (QED) is 0.520. The maximum atomic E-state index is 10.8. The Morgan fingerprint density at radius 2 is 1.56 bits per heavy atom. The van der Waals surface area contributed by atoms with E-state index in [0.717, 1.165) is 12.3 Å². The zero-order valence-electron chi connectivity index (χ0n) is 12.6. The van der Waals surface area contributed by atoms with Gasteiger partial charge in [0.05, 0.1) is 0 Å². The lowest BCUT2D eigenvalue weighted by atomic mass is 9.43. The van der Waals surface area contributed by atoms with Crippen LogP contribution in [0.3, 0.4) is 0 Å². The van der Waals surface area contributed by atoms with Crippen LogP contribution in [0.5, 0.6) is 0 Å². The van der Waals surface area contributed by atoms with Gasteiger partial charge in [-0.05, 0) is 13.8 Å². The van der Waals surface area contributed by atoms with Gasteiger partial charge in [0.1, 0.15) is 6.71 Å². The summed E-state index contributed by atoms with van der Waals surface area (Å²) in [7, 11) is 0. The maximum Gasteiger partial charge on any atom is 0.159 e. The van der Waals surface area contributed by atoms with E-state index in [9.17, 15) is 4.79 Å². The molecule has 2 heteroatoms. The normalized spacial score (nSPS) is 9.39. The first-order valence-corrected chi connectivity index (χ1v) is 7.12. The first-order chi connectivity index (χ1) is 8.54. The van der Waals surface area contributed by atoms with Crippen molar-refractivity contribution >= 4 is 12.5 Å². The third kappa shape index (κ3) is 7.31. The molecule has 1 aromatic rings. The zero-order chi connectivity index (χ0) is 14.0. The second-order valence-corrected chi connectivity index (χ2v) is 4.89. The van der Waals surface area contributed by atoms with E-state index >= 15 is 0 Å². The smallest absolute Gasteiger partial charge is 0.159 e. The number of hydrogen-bond donors (Lipinski definition) is 0. The molecule has 0 bridgehead atoms. The van der Waals surface area contributed by atoms with E-state index in [-0.39, 0.29) is 5.78 Å². The standard InChI is InChI=1S/C9H10O.C7H17B/c1-7-3-5-9(6-4-7)8(2)10;1-4-7-8(5-2)6-3/h3-6H,1-2H3;4-7H2,1-3H3. The summed E-state index contributed by atoms with van der Waals surface area (Å²) in [4.78, 5) is 10.8. The molecule has 18 heavy (non-hydrogen) atoms. The number of Topliss-reactive ketones (excluding diaryl/α,β-unsaturated/α-hetero) is 1. The number of hydrogen-bond acceptors (Lipinski definition) is 1. The summed E-state index contributed by atoms with van der Waals surface area (Å²) in [5.74, 6) is 0.125. The van der Waals surface area contributed by atoms with Gasteiger partial charge in [-0.3, -0.25) is 4.79 Å². The molecule has 0 atom stereocenters. The molecule has 0 saturated heterocycles. The van der Waals surface area contributed by atoms with Crippen molar-refractivity contribution in [3.8, 4) is 0 Å². The number of benzene rings is 1. The van der Waals surface area contributed by atoms with Crippen molar-refractivity contribution in [1.82, 2.24) is 0 Å². The fourth-order valence-corrected chi connectivity index (χ4v) is 1.89. The SMILES string of the molecule is CC(=O)c1ccc(C)cc1.CCCB(CC)CC. The Morgan fingerprint density at radius 3 is 1.83 bits per heavy atom. The average Bonchev–Trinajstić information content (AvgIpc) is 2.37.